The molecule has 0 aromatic carbocycles. The van der Waals surface area contributed by atoms with Gasteiger partial charge in [0.25, 0.3) is 5.91 Å². The molecule has 2 amide bonds. The van der Waals surface area contributed by atoms with E-state index in [1.807, 2.05) is 0 Å². The molecule has 4 rings (SSSR count). The maximum atomic E-state index is 12.2. The molecule has 0 radical (unpaired) electrons. The average Bonchev–Trinajstić information content (AvgIpc) is 3.04. The molecule has 1 aliphatic rings. The Labute approximate surface area is 161 Å². The number of anilines is 2. The Balaban J connectivity index is 1.27. The monoisotopic (exact) mass is 406 g/mol. The summed E-state index contributed by atoms with van der Waals surface area (Å²) in [5, 5.41) is 20.9. The van der Waals surface area contributed by atoms with Crippen LogP contribution in [0.4, 0.5) is 10.9 Å². The van der Waals surface area contributed by atoms with Gasteiger partial charge in [-0.2, -0.15) is 0 Å². The van der Waals surface area contributed by atoms with Gasteiger partial charge in [-0.05, 0) is 19.8 Å². The highest BCUT2D eigenvalue weighted by Crippen LogP contribution is 2.40. The van der Waals surface area contributed by atoms with Crippen LogP contribution >= 0.6 is 23.1 Å². The van der Waals surface area contributed by atoms with E-state index in [-0.39, 0.29) is 17.4 Å². The van der Waals surface area contributed by atoms with Gasteiger partial charge in [0, 0.05) is 18.1 Å². The smallest absolute Gasteiger partial charge is 0.279 e. The van der Waals surface area contributed by atoms with Crippen LogP contribution in [0.5, 0.6) is 0 Å². The Morgan fingerprint density at radius 2 is 2.07 bits per heavy atom. The van der Waals surface area contributed by atoms with Crippen LogP contribution < -0.4 is 10.6 Å². The Bertz CT molecular complexity index is 977. The first kappa shape index (κ1) is 17.7. The summed E-state index contributed by atoms with van der Waals surface area (Å²) in [5.74, 6) is 1.57. The summed E-state index contributed by atoms with van der Waals surface area (Å²) in [7, 11) is 0. The molecule has 0 atom stereocenters. The number of aryl methyl sites for hydroxylation is 1. The van der Waals surface area contributed by atoms with Crippen LogP contribution in [0.15, 0.2) is 25.5 Å². The number of rotatable bonds is 7. The van der Waals surface area contributed by atoms with E-state index < -0.39 is 5.91 Å². The number of hydrogen-bond acceptors (Lipinski definition) is 10. The zero-order chi connectivity index (χ0) is 18.8. The van der Waals surface area contributed by atoms with Gasteiger partial charge in [0.1, 0.15) is 11.5 Å². The number of carbonyl (C=O) groups excluding carboxylic acids is 2. The SMILES string of the molecule is Cc1cc(NC(=O)CSc2nnc(NC(=O)c3cc(C4CC4)on3)s2)no1. The van der Waals surface area contributed by atoms with E-state index in [2.05, 4.69) is 31.1 Å². The Kier molecular flexibility index (Phi) is 4.90. The molecule has 3 aromatic heterocycles. The summed E-state index contributed by atoms with van der Waals surface area (Å²) >= 11 is 2.37. The molecule has 140 valence electrons. The first-order chi connectivity index (χ1) is 13.1. The average molecular weight is 406 g/mol. The van der Waals surface area contributed by atoms with Crippen LogP contribution in [-0.2, 0) is 4.79 Å². The predicted octanol–water partition coefficient (Wildman–Crippen LogP) is 2.68. The molecule has 0 unspecified atom stereocenters. The van der Waals surface area contributed by atoms with Gasteiger partial charge >= 0.3 is 0 Å². The van der Waals surface area contributed by atoms with Crippen molar-refractivity contribution in [1.29, 1.82) is 0 Å². The normalized spacial score (nSPS) is 13.5. The van der Waals surface area contributed by atoms with Crippen molar-refractivity contribution in [1.82, 2.24) is 20.5 Å². The standard InChI is InChI=1S/C15H14N6O4S2/c1-7-4-11(21-24-7)16-12(22)6-26-15-19-18-14(27-15)17-13(23)9-5-10(25-20-9)8-2-3-8/h4-5,8H,2-3,6H2,1H3,(H,16,21,22)(H,17,18,23). The maximum Gasteiger partial charge on any atom is 0.279 e. The molecule has 3 aromatic rings. The molecule has 0 spiro atoms. The van der Waals surface area contributed by atoms with Gasteiger partial charge < -0.3 is 14.4 Å². The highest BCUT2D eigenvalue weighted by molar-refractivity contribution is 8.01. The highest BCUT2D eigenvalue weighted by Gasteiger charge is 2.29. The number of hydrogen-bond donors (Lipinski definition) is 2. The minimum absolute atomic E-state index is 0.128. The molecule has 1 saturated carbocycles. The summed E-state index contributed by atoms with van der Waals surface area (Å²) < 4.78 is 10.6. The Hall–Kier alpha value is -2.73. The van der Waals surface area contributed by atoms with Crippen molar-refractivity contribution < 1.29 is 18.6 Å². The minimum Gasteiger partial charge on any atom is -0.360 e. The van der Waals surface area contributed by atoms with Gasteiger partial charge in [-0.15, -0.1) is 10.2 Å². The largest absolute Gasteiger partial charge is 0.360 e. The van der Waals surface area contributed by atoms with E-state index in [1.165, 1.54) is 23.1 Å². The third-order valence-corrected chi connectivity index (χ3v) is 5.56. The number of nitrogens with zero attached hydrogens (tertiary/aromatic N) is 4. The van der Waals surface area contributed by atoms with E-state index >= 15 is 0 Å². The van der Waals surface area contributed by atoms with E-state index in [9.17, 15) is 9.59 Å². The molecule has 2 N–H and O–H groups in total. The zero-order valence-electron chi connectivity index (χ0n) is 14.1. The lowest BCUT2D eigenvalue weighted by Gasteiger charge is -1.98. The first-order valence-corrected chi connectivity index (χ1v) is 9.84. The first-order valence-electron chi connectivity index (χ1n) is 8.04. The van der Waals surface area contributed by atoms with Gasteiger partial charge in [-0.3, -0.25) is 14.9 Å². The maximum absolute atomic E-state index is 12.2. The summed E-state index contributed by atoms with van der Waals surface area (Å²) in [6.45, 7) is 1.74. The molecule has 3 heterocycles. The van der Waals surface area contributed by atoms with Gasteiger partial charge in [0.15, 0.2) is 15.9 Å². The Morgan fingerprint density at radius 1 is 1.22 bits per heavy atom. The third kappa shape index (κ3) is 4.52. The summed E-state index contributed by atoms with van der Waals surface area (Å²) in [4.78, 5) is 24.1. The number of carbonyl (C=O) groups is 2. The van der Waals surface area contributed by atoms with Gasteiger partial charge in [-0.1, -0.05) is 33.4 Å². The van der Waals surface area contributed by atoms with Crippen LogP contribution in [0.3, 0.4) is 0 Å². The molecule has 0 aliphatic heterocycles. The summed E-state index contributed by atoms with van der Waals surface area (Å²) in [6, 6.07) is 3.28. The lowest BCUT2D eigenvalue weighted by atomic mass is 10.3. The molecule has 27 heavy (non-hydrogen) atoms. The van der Waals surface area contributed by atoms with Crippen LogP contribution in [0.1, 0.15) is 40.8 Å². The van der Waals surface area contributed by atoms with Crippen LogP contribution in [0.25, 0.3) is 0 Å². The van der Waals surface area contributed by atoms with E-state index in [0.717, 1.165) is 18.6 Å². The second-order valence-electron chi connectivity index (χ2n) is 5.88. The lowest BCUT2D eigenvalue weighted by molar-refractivity contribution is -0.113. The van der Waals surface area contributed by atoms with Crippen molar-refractivity contribution in [2.24, 2.45) is 0 Å². The van der Waals surface area contributed by atoms with Crippen LogP contribution in [-0.4, -0.2) is 38.1 Å². The quantitative estimate of drug-likeness (QED) is 0.448. The van der Waals surface area contributed by atoms with Crippen molar-refractivity contribution >= 4 is 45.9 Å². The predicted molar refractivity (Wildman–Crippen MR) is 96.9 cm³/mol. The molecule has 10 nitrogen and oxygen atoms in total. The molecular weight excluding hydrogens is 392 g/mol. The zero-order valence-corrected chi connectivity index (χ0v) is 15.7. The van der Waals surface area contributed by atoms with E-state index in [1.54, 1.807) is 19.1 Å². The molecule has 0 saturated heterocycles. The van der Waals surface area contributed by atoms with Gasteiger partial charge in [0.05, 0.1) is 5.75 Å². The third-order valence-electron chi connectivity index (χ3n) is 3.59. The van der Waals surface area contributed by atoms with Crippen molar-refractivity contribution in [2.75, 3.05) is 16.4 Å². The topological polar surface area (TPSA) is 136 Å². The molecule has 12 heteroatoms. The minimum atomic E-state index is -0.405. The fourth-order valence-corrected chi connectivity index (χ4v) is 3.71. The number of nitrogens with one attached hydrogen (secondary N) is 2. The second-order valence-corrected chi connectivity index (χ2v) is 8.08. The van der Waals surface area contributed by atoms with Crippen molar-refractivity contribution in [2.45, 2.75) is 30.0 Å². The molecule has 1 fully saturated rings. The van der Waals surface area contributed by atoms with Crippen molar-refractivity contribution in [3.8, 4) is 0 Å². The molecular formula is C15H14N6O4S2. The van der Waals surface area contributed by atoms with Crippen molar-refractivity contribution in [3.05, 3.63) is 29.3 Å². The highest BCUT2D eigenvalue weighted by atomic mass is 32.2. The number of thioether (sulfide) groups is 1. The number of aromatic nitrogens is 4. The summed E-state index contributed by atoms with van der Waals surface area (Å²) in [5.41, 5.74) is 0.212. The summed E-state index contributed by atoms with van der Waals surface area (Å²) in [6.07, 6.45) is 2.13. The lowest BCUT2D eigenvalue weighted by Crippen LogP contribution is -2.14. The Morgan fingerprint density at radius 3 is 2.81 bits per heavy atom. The fraction of sp³-hybridized carbons (Fsp3) is 0.333. The second kappa shape index (κ2) is 7.48. The van der Waals surface area contributed by atoms with Crippen LogP contribution in [0.2, 0.25) is 0 Å². The van der Waals surface area contributed by atoms with E-state index in [4.69, 9.17) is 9.05 Å². The van der Waals surface area contributed by atoms with Crippen molar-refractivity contribution in [3.63, 3.8) is 0 Å². The molecule has 1 aliphatic carbocycles. The molecule has 0 bridgehead atoms. The van der Waals surface area contributed by atoms with Crippen LogP contribution in [0, 0.1) is 6.92 Å². The van der Waals surface area contributed by atoms with E-state index in [0.29, 0.717) is 27.0 Å². The van der Waals surface area contributed by atoms with Gasteiger partial charge in [0.2, 0.25) is 11.0 Å². The number of amides is 2. The fourth-order valence-electron chi connectivity index (χ4n) is 2.17. The van der Waals surface area contributed by atoms with Gasteiger partial charge in [-0.25, -0.2) is 0 Å².